The van der Waals surface area contributed by atoms with Crippen LogP contribution in [-0.2, 0) is 9.47 Å². The Balaban J connectivity index is 2.09. The molecule has 0 radical (unpaired) electrons. The summed E-state index contributed by atoms with van der Waals surface area (Å²) < 4.78 is 9.97. The topological polar surface area (TPSA) is 101 Å². The number of carbonyl (C=O) groups excluding carboxylic acids is 3. The zero-order valence-electron chi connectivity index (χ0n) is 13.2. The number of aromatic nitrogens is 2. The third-order valence-corrected chi connectivity index (χ3v) is 3.35. The maximum Gasteiger partial charge on any atom is 0.355 e. The predicted molar refractivity (Wildman–Crippen MR) is 81.6 cm³/mol. The van der Waals surface area contributed by atoms with E-state index in [-0.39, 0.29) is 24.7 Å². The van der Waals surface area contributed by atoms with Crippen molar-refractivity contribution >= 4 is 17.7 Å². The number of carbonyl (C=O) groups is 3. The number of Topliss-reactive ketones (excluding diaryl/α,β-unsaturated/α-hetero) is 1. The monoisotopic (exact) mass is 318 g/mol. The molecule has 0 aliphatic rings. The molecule has 0 aromatic carbocycles. The van der Waals surface area contributed by atoms with Gasteiger partial charge in [-0.15, -0.1) is 0 Å². The Hall–Kier alpha value is -2.83. The van der Waals surface area contributed by atoms with Crippen molar-refractivity contribution in [2.24, 2.45) is 0 Å². The minimum absolute atomic E-state index is 0.143. The van der Waals surface area contributed by atoms with Gasteiger partial charge in [-0.3, -0.25) is 4.79 Å². The number of aryl methyl sites for hydroxylation is 1. The summed E-state index contributed by atoms with van der Waals surface area (Å²) in [6, 6.07) is 3.28. The van der Waals surface area contributed by atoms with Crippen LogP contribution in [0.4, 0.5) is 0 Å². The predicted octanol–water partition coefficient (Wildman–Crippen LogP) is 2.18. The molecule has 2 aromatic rings. The van der Waals surface area contributed by atoms with Gasteiger partial charge in [0.05, 0.1) is 17.9 Å². The Labute approximate surface area is 133 Å². The van der Waals surface area contributed by atoms with Crippen LogP contribution in [0.5, 0.6) is 0 Å². The molecule has 0 bridgehead atoms. The summed E-state index contributed by atoms with van der Waals surface area (Å²) in [5.41, 5.74) is 1.78. The minimum atomic E-state index is -0.693. The van der Waals surface area contributed by atoms with Gasteiger partial charge in [0.15, 0.2) is 6.61 Å². The highest BCUT2D eigenvalue weighted by molar-refractivity contribution is 6.00. The zero-order valence-corrected chi connectivity index (χ0v) is 13.2. The Bertz CT molecular complexity index is 728. The lowest BCUT2D eigenvalue weighted by molar-refractivity contribution is 0.0467. The molecule has 0 atom stereocenters. The average Bonchev–Trinajstić information content (AvgIpc) is 3.13. The van der Waals surface area contributed by atoms with Crippen LogP contribution in [0.15, 0.2) is 18.3 Å². The highest BCUT2D eigenvalue weighted by Gasteiger charge is 2.24. The van der Waals surface area contributed by atoms with Crippen molar-refractivity contribution in [3.05, 3.63) is 46.5 Å². The van der Waals surface area contributed by atoms with Crippen molar-refractivity contribution < 1.29 is 23.9 Å². The van der Waals surface area contributed by atoms with Gasteiger partial charge in [0.2, 0.25) is 5.78 Å². The normalized spacial score (nSPS) is 10.4. The van der Waals surface area contributed by atoms with Crippen LogP contribution in [0.3, 0.4) is 0 Å². The van der Waals surface area contributed by atoms with E-state index in [2.05, 4.69) is 9.97 Å². The number of hydrogen-bond donors (Lipinski definition) is 2. The van der Waals surface area contributed by atoms with Crippen LogP contribution in [-0.4, -0.2) is 40.9 Å². The Morgan fingerprint density at radius 1 is 1.13 bits per heavy atom. The molecule has 2 N–H and O–H groups in total. The summed E-state index contributed by atoms with van der Waals surface area (Å²) >= 11 is 0. The minimum Gasteiger partial charge on any atom is -0.462 e. The van der Waals surface area contributed by atoms with Crippen LogP contribution in [0.1, 0.15) is 49.5 Å². The first kappa shape index (κ1) is 16.5. The maximum absolute atomic E-state index is 12.1. The summed E-state index contributed by atoms with van der Waals surface area (Å²) in [7, 11) is 0. The van der Waals surface area contributed by atoms with Crippen LogP contribution >= 0.6 is 0 Å². The molecular formula is C16H18N2O5. The zero-order chi connectivity index (χ0) is 17.0. The van der Waals surface area contributed by atoms with Gasteiger partial charge < -0.3 is 19.4 Å². The van der Waals surface area contributed by atoms with Crippen LogP contribution in [0, 0.1) is 13.8 Å². The second kappa shape index (κ2) is 6.95. The number of nitrogens with one attached hydrogen (secondary N) is 2. The number of ether oxygens (including phenoxy) is 2. The quantitative estimate of drug-likeness (QED) is 0.628. The molecule has 7 nitrogen and oxygen atoms in total. The first-order valence-electron chi connectivity index (χ1n) is 7.15. The standard InChI is InChI=1S/C16H18N2O5/c1-4-22-15(20)13-9(2)14(18-10(13)3)16(21)23-8-12(19)11-6-5-7-17-11/h5-7,17-18H,4,8H2,1-3H3. The molecule has 0 saturated heterocycles. The van der Waals surface area contributed by atoms with Gasteiger partial charge in [-0.1, -0.05) is 0 Å². The van der Waals surface area contributed by atoms with E-state index in [0.717, 1.165) is 0 Å². The number of esters is 2. The lowest BCUT2D eigenvalue weighted by Crippen LogP contribution is -2.15. The molecule has 2 heterocycles. The second-order valence-electron chi connectivity index (χ2n) is 4.93. The number of aromatic amines is 2. The summed E-state index contributed by atoms with van der Waals surface area (Å²) in [5, 5.41) is 0. The van der Waals surface area contributed by atoms with Crippen molar-refractivity contribution in [1.82, 2.24) is 9.97 Å². The SMILES string of the molecule is CCOC(=O)c1c(C)[nH]c(C(=O)OCC(=O)c2ccc[nH]2)c1C. The third-order valence-electron chi connectivity index (χ3n) is 3.35. The van der Waals surface area contributed by atoms with Crippen LogP contribution in [0.25, 0.3) is 0 Å². The smallest absolute Gasteiger partial charge is 0.355 e. The van der Waals surface area contributed by atoms with Gasteiger partial charge >= 0.3 is 11.9 Å². The van der Waals surface area contributed by atoms with E-state index in [9.17, 15) is 14.4 Å². The molecule has 0 spiro atoms. The van der Waals surface area contributed by atoms with Gasteiger partial charge in [-0.2, -0.15) is 0 Å². The van der Waals surface area contributed by atoms with E-state index in [1.165, 1.54) is 0 Å². The number of ketones is 1. The molecule has 7 heteroatoms. The molecule has 2 rings (SSSR count). The first-order valence-corrected chi connectivity index (χ1v) is 7.15. The summed E-state index contributed by atoms with van der Waals surface area (Å²) in [4.78, 5) is 41.4. The molecule has 0 fully saturated rings. The summed E-state index contributed by atoms with van der Waals surface area (Å²) in [6.07, 6.45) is 1.61. The van der Waals surface area contributed by atoms with Crippen molar-refractivity contribution in [1.29, 1.82) is 0 Å². The number of rotatable bonds is 6. The first-order chi connectivity index (χ1) is 11.0. The van der Waals surface area contributed by atoms with E-state index in [1.807, 2.05) is 0 Å². The largest absolute Gasteiger partial charge is 0.462 e. The molecule has 0 aliphatic heterocycles. The van der Waals surface area contributed by atoms with Crippen molar-refractivity contribution in [2.75, 3.05) is 13.2 Å². The second-order valence-corrected chi connectivity index (χ2v) is 4.93. The van der Waals surface area contributed by atoms with E-state index in [4.69, 9.17) is 9.47 Å². The van der Waals surface area contributed by atoms with Crippen LogP contribution in [0.2, 0.25) is 0 Å². The van der Waals surface area contributed by atoms with Gasteiger partial charge in [-0.25, -0.2) is 9.59 Å². The highest BCUT2D eigenvalue weighted by atomic mass is 16.5. The third kappa shape index (κ3) is 3.50. The summed E-state index contributed by atoms with van der Waals surface area (Å²) in [5.74, 6) is -1.53. The maximum atomic E-state index is 12.1. The van der Waals surface area contributed by atoms with Gasteiger partial charge in [0.25, 0.3) is 0 Å². The van der Waals surface area contributed by atoms with E-state index in [1.54, 1.807) is 39.1 Å². The molecule has 2 aromatic heterocycles. The Morgan fingerprint density at radius 3 is 2.48 bits per heavy atom. The molecule has 122 valence electrons. The molecule has 23 heavy (non-hydrogen) atoms. The Kier molecular flexibility index (Phi) is 5.00. The van der Waals surface area contributed by atoms with Crippen molar-refractivity contribution in [2.45, 2.75) is 20.8 Å². The molecule has 0 saturated carbocycles. The lowest BCUT2D eigenvalue weighted by Gasteiger charge is -2.04. The fraction of sp³-hybridized carbons (Fsp3) is 0.312. The fourth-order valence-corrected chi connectivity index (χ4v) is 2.25. The molecular weight excluding hydrogens is 300 g/mol. The van der Waals surface area contributed by atoms with Gasteiger partial charge in [0.1, 0.15) is 5.69 Å². The van der Waals surface area contributed by atoms with E-state index < -0.39 is 11.9 Å². The van der Waals surface area contributed by atoms with Crippen LogP contribution < -0.4 is 0 Å². The van der Waals surface area contributed by atoms with Crippen molar-refractivity contribution in [3.63, 3.8) is 0 Å². The number of H-pyrrole nitrogens is 2. The molecule has 0 unspecified atom stereocenters. The number of hydrogen-bond acceptors (Lipinski definition) is 5. The lowest BCUT2D eigenvalue weighted by atomic mass is 10.1. The fourth-order valence-electron chi connectivity index (χ4n) is 2.25. The average molecular weight is 318 g/mol. The highest BCUT2D eigenvalue weighted by Crippen LogP contribution is 2.19. The van der Waals surface area contributed by atoms with Gasteiger partial charge in [-0.05, 0) is 38.5 Å². The molecule has 0 amide bonds. The summed E-state index contributed by atoms with van der Waals surface area (Å²) in [6.45, 7) is 4.86. The van der Waals surface area contributed by atoms with E-state index >= 15 is 0 Å². The Morgan fingerprint density at radius 2 is 1.87 bits per heavy atom. The van der Waals surface area contributed by atoms with Gasteiger partial charge in [0, 0.05) is 11.9 Å². The van der Waals surface area contributed by atoms with E-state index in [0.29, 0.717) is 22.5 Å². The van der Waals surface area contributed by atoms with Crippen molar-refractivity contribution in [3.8, 4) is 0 Å². The molecule has 0 aliphatic carbocycles.